The van der Waals surface area contributed by atoms with Crippen molar-refractivity contribution < 1.29 is 38.9 Å². The number of urea groups is 1. The van der Waals surface area contributed by atoms with Gasteiger partial charge < -0.3 is 41.1 Å². The molecular weight excluding hydrogens is 618 g/mol. The summed E-state index contributed by atoms with van der Waals surface area (Å²) < 4.78 is 5.59. The fraction of sp³-hybridized carbons (Fsp3) is 0.457. The normalized spacial score (nSPS) is 26.4. The van der Waals surface area contributed by atoms with Gasteiger partial charge in [0.05, 0.1) is 18.7 Å². The lowest BCUT2D eigenvalue weighted by Gasteiger charge is -2.34. The number of likely N-dealkylation sites (tertiary alicyclic amines) is 1. The number of fused-ring (bicyclic) bond motifs is 1. The summed E-state index contributed by atoms with van der Waals surface area (Å²) in [7, 11) is 0. The van der Waals surface area contributed by atoms with E-state index < -0.39 is 77.1 Å². The highest BCUT2D eigenvalue weighted by molar-refractivity contribution is 5.95. The minimum absolute atomic E-state index is 0.0934. The van der Waals surface area contributed by atoms with Crippen LogP contribution in [-0.2, 0) is 32.1 Å². The van der Waals surface area contributed by atoms with Crippen LogP contribution in [0.4, 0.5) is 9.59 Å². The van der Waals surface area contributed by atoms with Gasteiger partial charge in [0, 0.05) is 25.3 Å². The first-order valence-electron chi connectivity index (χ1n) is 16.0. The van der Waals surface area contributed by atoms with Crippen LogP contribution in [0, 0.1) is 11.3 Å². The SMILES string of the molecule is C=C[C@@H]1C[C@]1(NC(=O)[C@@H]1C[C@@H](OC(=O)NCc2ccccc2)CN1C(=O)NC(C(=O)N[C@H]1c2ccccc2C[C@H]1O)C(C)(C)C)C(=O)O. The maximum atomic E-state index is 13.9. The van der Waals surface area contributed by atoms with Gasteiger partial charge in [-0.2, -0.15) is 0 Å². The molecular formula is C35H43N5O8. The Morgan fingerprint density at radius 3 is 2.42 bits per heavy atom. The van der Waals surface area contributed by atoms with Crippen LogP contribution in [0.25, 0.3) is 0 Å². The Morgan fingerprint density at radius 1 is 1.08 bits per heavy atom. The van der Waals surface area contributed by atoms with Crippen molar-refractivity contribution in [2.75, 3.05) is 6.54 Å². The minimum atomic E-state index is -1.54. The standard InChI is InChI=1S/C35H43N5O8/c1-5-22-17-35(22,31(44)45)39-29(42)25-16-23(48-33(47)36-18-20-11-7-6-8-12-20)19-40(25)32(46)38-28(34(2,3)4)30(43)37-27-24-14-10-9-13-21(24)15-26(27)41/h5-14,22-23,25-28,41H,1,15-19H2,2-4H3,(H,36,47)(H,37,43)(H,38,46)(H,39,42)(H,44,45)/t22-,23-,25+,26-,27+,28?,35-/m1/s1. The van der Waals surface area contributed by atoms with Crippen molar-refractivity contribution in [2.45, 2.75) is 82.5 Å². The van der Waals surface area contributed by atoms with E-state index in [2.05, 4.69) is 27.8 Å². The van der Waals surface area contributed by atoms with Crippen molar-refractivity contribution >= 4 is 29.9 Å². The summed E-state index contributed by atoms with van der Waals surface area (Å²) in [5.41, 5.74) is 0.222. The first kappa shape index (κ1) is 34.4. The van der Waals surface area contributed by atoms with Crippen LogP contribution in [0.1, 0.15) is 56.3 Å². The van der Waals surface area contributed by atoms with Gasteiger partial charge in [0.2, 0.25) is 11.8 Å². The van der Waals surface area contributed by atoms with Gasteiger partial charge in [-0.25, -0.2) is 14.4 Å². The van der Waals surface area contributed by atoms with E-state index in [0.717, 1.165) is 21.6 Å². The number of amides is 5. The van der Waals surface area contributed by atoms with Crippen molar-refractivity contribution in [3.8, 4) is 0 Å². The van der Waals surface area contributed by atoms with Crippen LogP contribution < -0.4 is 21.3 Å². The summed E-state index contributed by atoms with van der Waals surface area (Å²) in [6.07, 6.45) is -0.590. The lowest BCUT2D eigenvalue weighted by atomic mass is 9.86. The second-order valence-corrected chi connectivity index (χ2v) is 13.8. The molecule has 0 spiro atoms. The molecule has 48 heavy (non-hydrogen) atoms. The highest BCUT2D eigenvalue weighted by Gasteiger charge is 2.61. The molecule has 5 rings (SSSR count). The van der Waals surface area contributed by atoms with Crippen molar-refractivity contribution in [3.05, 3.63) is 83.9 Å². The molecule has 256 valence electrons. The number of hydrogen-bond acceptors (Lipinski definition) is 7. The molecule has 0 aromatic heterocycles. The first-order valence-corrected chi connectivity index (χ1v) is 16.0. The predicted molar refractivity (Wildman–Crippen MR) is 174 cm³/mol. The number of nitrogens with zero attached hydrogens (tertiary/aromatic N) is 1. The molecule has 5 amide bonds. The van der Waals surface area contributed by atoms with Gasteiger partial charge >= 0.3 is 18.1 Å². The summed E-state index contributed by atoms with van der Waals surface area (Å²) in [4.78, 5) is 67.2. The van der Waals surface area contributed by atoms with E-state index in [1.165, 1.54) is 6.08 Å². The summed E-state index contributed by atoms with van der Waals surface area (Å²) in [5.74, 6) is -2.96. The van der Waals surface area contributed by atoms with E-state index in [-0.39, 0.29) is 25.9 Å². The van der Waals surface area contributed by atoms with E-state index in [1.54, 1.807) is 20.8 Å². The number of nitrogens with one attached hydrogen (secondary N) is 4. The smallest absolute Gasteiger partial charge is 0.407 e. The number of rotatable bonds is 10. The molecule has 6 N–H and O–H groups in total. The van der Waals surface area contributed by atoms with E-state index in [0.29, 0.717) is 6.42 Å². The third-order valence-corrected chi connectivity index (χ3v) is 9.30. The average molecular weight is 662 g/mol. The summed E-state index contributed by atoms with van der Waals surface area (Å²) in [6, 6.07) is 12.9. The van der Waals surface area contributed by atoms with E-state index in [4.69, 9.17) is 4.74 Å². The van der Waals surface area contributed by atoms with Gasteiger partial charge in [-0.3, -0.25) is 9.59 Å². The molecule has 1 unspecified atom stereocenters. The summed E-state index contributed by atoms with van der Waals surface area (Å²) in [5, 5.41) is 31.5. The molecule has 3 aliphatic rings. The highest BCUT2D eigenvalue weighted by Crippen LogP contribution is 2.45. The number of ether oxygens (including phenoxy) is 1. The number of carboxylic acids is 1. The van der Waals surface area contributed by atoms with Crippen molar-refractivity contribution in [3.63, 3.8) is 0 Å². The van der Waals surface area contributed by atoms with E-state index >= 15 is 0 Å². The lowest BCUT2D eigenvalue weighted by Crippen LogP contribution is -2.60. The number of aliphatic hydroxyl groups excluding tert-OH is 1. The first-order chi connectivity index (χ1) is 22.7. The van der Waals surface area contributed by atoms with Crippen molar-refractivity contribution in [1.29, 1.82) is 0 Å². The lowest BCUT2D eigenvalue weighted by molar-refractivity contribution is -0.144. The summed E-state index contributed by atoms with van der Waals surface area (Å²) in [6.45, 7) is 8.98. The Kier molecular flexibility index (Phi) is 9.81. The Morgan fingerprint density at radius 2 is 1.77 bits per heavy atom. The zero-order valence-electron chi connectivity index (χ0n) is 27.3. The van der Waals surface area contributed by atoms with Crippen LogP contribution >= 0.6 is 0 Å². The van der Waals surface area contributed by atoms with Crippen LogP contribution in [0.2, 0.25) is 0 Å². The molecule has 1 saturated carbocycles. The maximum absolute atomic E-state index is 13.9. The molecule has 1 heterocycles. The Bertz CT molecular complexity index is 1580. The largest absolute Gasteiger partial charge is 0.479 e. The third-order valence-electron chi connectivity index (χ3n) is 9.30. The van der Waals surface area contributed by atoms with Crippen LogP contribution in [-0.4, -0.2) is 81.4 Å². The second-order valence-electron chi connectivity index (χ2n) is 13.8. The van der Waals surface area contributed by atoms with Crippen molar-refractivity contribution in [1.82, 2.24) is 26.2 Å². The van der Waals surface area contributed by atoms with Gasteiger partial charge in [0.25, 0.3) is 0 Å². The molecule has 7 atom stereocenters. The fourth-order valence-corrected chi connectivity index (χ4v) is 6.50. The minimum Gasteiger partial charge on any atom is -0.479 e. The van der Waals surface area contributed by atoms with Gasteiger partial charge in [-0.15, -0.1) is 6.58 Å². The zero-order valence-corrected chi connectivity index (χ0v) is 27.3. The second kappa shape index (κ2) is 13.7. The average Bonchev–Trinajstić information content (AvgIpc) is 3.45. The molecule has 1 saturated heterocycles. The number of hydrogen-bond donors (Lipinski definition) is 6. The Balaban J connectivity index is 1.31. The van der Waals surface area contributed by atoms with E-state index in [9.17, 15) is 34.2 Å². The molecule has 0 radical (unpaired) electrons. The molecule has 1 aliphatic heterocycles. The van der Waals surface area contributed by atoms with Gasteiger partial charge in [0.1, 0.15) is 23.7 Å². The molecule has 2 fully saturated rings. The zero-order chi connectivity index (χ0) is 34.8. The van der Waals surface area contributed by atoms with Crippen LogP contribution in [0.5, 0.6) is 0 Å². The number of carbonyl (C=O) groups is 5. The Hall–Kier alpha value is -4.91. The van der Waals surface area contributed by atoms with Gasteiger partial charge in [0.15, 0.2) is 0 Å². The quantitative estimate of drug-likeness (QED) is 0.210. The number of aliphatic carboxylic acids is 1. The molecule has 13 nitrogen and oxygen atoms in total. The monoisotopic (exact) mass is 661 g/mol. The number of carbonyl (C=O) groups excluding carboxylic acids is 4. The predicted octanol–water partition coefficient (Wildman–Crippen LogP) is 2.40. The van der Waals surface area contributed by atoms with E-state index in [1.807, 2.05) is 54.6 Å². The number of aliphatic hydroxyl groups is 1. The Labute approximate surface area is 279 Å². The van der Waals surface area contributed by atoms with Gasteiger partial charge in [-0.1, -0.05) is 81.4 Å². The fourth-order valence-electron chi connectivity index (χ4n) is 6.50. The van der Waals surface area contributed by atoms with Gasteiger partial charge in [-0.05, 0) is 28.5 Å². The maximum Gasteiger partial charge on any atom is 0.407 e. The molecule has 2 aliphatic carbocycles. The topological polar surface area (TPSA) is 186 Å². The molecule has 2 aromatic carbocycles. The number of alkyl carbamates (subject to hydrolysis) is 1. The molecule has 13 heteroatoms. The molecule has 2 aromatic rings. The number of benzene rings is 2. The highest BCUT2D eigenvalue weighted by atomic mass is 16.6. The number of carboxylic acid groups (broad SMARTS) is 1. The third kappa shape index (κ3) is 7.30. The van der Waals surface area contributed by atoms with Crippen LogP contribution in [0.3, 0.4) is 0 Å². The van der Waals surface area contributed by atoms with Crippen molar-refractivity contribution in [2.24, 2.45) is 11.3 Å². The molecule has 0 bridgehead atoms. The van der Waals surface area contributed by atoms with Crippen LogP contribution in [0.15, 0.2) is 67.3 Å². The summed E-state index contributed by atoms with van der Waals surface area (Å²) >= 11 is 0.